The van der Waals surface area contributed by atoms with E-state index in [-0.39, 0.29) is 6.10 Å². The van der Waals surface area contributed by atoms with Crippen LogP contribution in [-0.4, -0.2) is 6.54 Å². The number of halogens is 1. The number of ether oxygens (including phenoxy) is 1. The van der Waals surface area contributed by atoms with Crippen molar-refractivity contribution in [3.63, 3.8) is 0 Å². The number of anilines is 1. The lowest BCUT2D eigenvalue weighted by molar-refractivity contribution is 0.179. The highest BCUT2D eigenvalue weighted by atomic mass is 35.5. The first-order valence-corrected chi connectivity index (χ1v) is 5.87. The number of furan rings is 1. The largest absolute Gasteiger partial charge is 0.477 e. The van der Waals surface area contributed by atoms with E-state index >= 15 is 0 Å². The fourth-order valence-electron chi connectivity index (χ4n) is 1.94. The molecule has 1 unspecified atom stereocenters. The lowest BCUT2D eigenvalue weighted by Gasteiger charge is -2.26. The Bertz CT molecular complexity index is 550. The molecule has 88 valence electrons. The number of hydrogen-bond acceptors (Lipinski definition) is 3. The molecule has 1 aromatic heterocycles. The van der Waals surface area contributed by atoms with E-state index in [0.717, 1.165) is 17.2 Å². The van der Waals surface area contributed by atoms with Gasteiger partial charge < -0.3 is 14.5 Å². The van der Waals surface area contributed by atoms with E-state index in [2.05, 4.69) is 5.32 Å². The summed E-state index contributed by atoms with van der Waals surface area (Å²) in [5, 5.41) is 3.91. The van der Waals surface area contributed by atoms with Crippen LogP contribution in [0.2, 0.25) is 5.02 Å². The van der Waals surface area contributed by atoms with Crippen LogP contribution >= 0.6 is 11.6 Å². The highest BCUT2D eigenvalue weighted by Crippen LogP contribution is 2.39. The Morgan fingerprint density at radius 1 is 1.29 bits per heavy atom. The van der Waals surface area contributed by atoms with Crippen LogP contribution in [0, 0.1) is 6.92 Å². The van der Waals surface area contributed by atoms with Gasteiger partial charge in [0.1, 0.15) is 11.5 Å². The molecule has 1 aliphatic rings. The van der Waals surface area contributed by atoms with Crippen LogP contribution < -0.4 is 10.1 Å². The summed E-state index contributed by atoms with van der Waals surface area (Å²) in [5.41, 5.74) is 0.928. The molecule has 0 amide bonds. The fraction of sp³-hybridized carbons (Fsp3) is 0.231. The van der Waals surface area contributed by atoms with Gasteiger partial charge in [-0.1, -0.05) is 17.7 Å². The monoisotopic (exact) mass is 249 g/mol. The van der Waals surface area contributed by atoms with E-state index in [4.69, 9.17) is 20.8 Å². The van der Waals surface area contributed by atoms with Crippen LogP contribution in [0.1, 0.15) is 17.6 Å². The standard InChI is InChI=1S/C13H12ClNO2/c1-8-5-6-11(16-8)12-7-15-10-4-2-3-9(14)13(10)17-12/h2-6,12,15H,7H2,1H3. The van der Waals surface area contributed by atoms with Gasteiger partial charge in [0.05, 0.1) is 17.3 Å². The molecule has 0 fully saturated rings. The molecule has 0 aliphatic carbocycles. The van der Waals surface area contributed by atoms with Gasteiger partial charge >= 0.3 is 0 Å². The maximum Gasteiger partial charge on any atom is 0.173 e. The maximum atomic E-state index is 6.10. The summed E-state index contributed by atoms with van der Waals surface area (Å²) in [6.07, 6.45) is -0.129. The van der Waals surface area contributed by atoms with Crippen molar-refractivity contribution < 1.29 is 9.15 Å². The average molecular weight is 250 g/mol. The van der Waals surface area contributed by atoms with Gasteiger partial charge in [-0.2, -0.15) is 0 Å². The molecule has 0 spiro atoms. The lowest BCUT2D eigenvalue weighted by Crippen LogP contribution is -2.23. The summed E-state index contributed by atoms with van der Waals surface area (Å²) >= 11 is 6.10. The number of aryl methyl sites for hydroxylation is 1. The van der Waals surface area contributed by atoms with Crippen LogP contribution in [0.5, 0.6) is 5.75 Å². The highest BCUT2D eigenvalue weighted by Gasteiger charge is 2.24. The normalized spacial score (nSPS) is 18.1. The average Bonchev–Trinajstić information content (AvgIpc) is 2.76. The minimum absolute atomic E-state index is 0.129. The zero-order chi connectivity index (χ0) is 11.8. The molecule has 0 radical (unpaired) electrons. The number of para-hydroxylation sites is 1. The van der Waals surface area contributed by atoms with Crippen LogP contribution in [-0.2, 0) is 0 Å². The molecule has 2 aromatic rings. The van der Waals surface area contributed by atoms with Gasteiger partial charge in [-0.15, -0.1) is 0 Å². The summed E-state index contributed by atoms with van der Waals surface area (Å²) < 4.78 is 11.4. The second-order valence-corrected chi connectivity index (χ2v) is 4.46. The van der Waals surface area contributed by atoms with Gasteiger partial charge in [0.15, 0.2) is 11.9 Å². The third-order valence-electron chi connectivity index (χ3n) is 2.78. The van der Waals surface area contributed by atoms with Crippen LogP contribution in [0.3, 0.4) is 0 Å². The quantitative estimate of drug-likeness (QED) is 0.835. The molecule has 0 saturated heterocycles. The van der Waals surface area contributed by atoms with E-state index in [1.54, 1.807) is 0 Å². The van der Waals surface area contributed by atoms with Crippen LogP contribution in [0.4, 0.5) is 5.69 Å². The predicted molar refractivity (Wildman–Crippen MR) is 66.8 cm³/mol. The topological polar surface area (TPSA) is 34.4 Å². The van der Waals surface area contributed by atoms with Gasteiger partial charge in [0.25, 0.3) is 0 Å². The first kappa shape index (κ1) is 10.5. The summed E-state index contributed by atoms with van der Waals surface area (Å²) in [6, 6.07) is 9.53. The van der Waals surface area contributed by atoms with Crippen LogP contribution in [0.15, 0.2) is 34.7 Å². The Labute approximate surface area is 104 Å². The minimum atomic E-state index is -0.129. The summed E-state index contributed by atoms with van der Waals surface area (Å²) in [5.74, 6) is 2.40. The zero-order valence-electron chi connectivity index (χ0n) is 9.37. The molecule has 3 rings (SSSR count). The second kappa shape index (κ2) is 4.00. The van der Waals surface area contributed by atoms with Crippen molar-refractivity contribution in [2.45, 2.75) is 13.0 Å². The molecule has 3 nitrogen and oxygen atoms in total. The first-order valence-electron chi connectivity index (χ1n) is 5.49. The van der Waals surface area contributed by atoms with Gasteiger partial charge in [-0.25, -0.2) is 0 Å². The van der Waals surface area contributed by atoms with E-state index in [9.17, 15) is 0 Å². The molecule has 1 N–H and O–H groups in total. The minimum Gasteiger partial charge on any atom is -0.477 e. The zero-order valence-corrected chi connectivity index (χ0v) is 10.1. The predicted octanol–water partition coefficient (Wildman–Crippen LogP) is 3.79. The number of fused-ring (bicyclic) bond motifs is 1. The SMILES string of the molecule is Cc1ccc(C2CNc3cccc(Cl)c3O2)o1. The van der Waals surface area contributed by atoms with Gasteiger partial charge in [-0.05, 0) is 31.2 Å². The van der Waals surface area contributed by atoms with E-state index in [1.807, 2.05) is 37.3 Å². The lowest BCUT2D eigenvalue weighted by atomic mass is 10.2. The molecule has 1 aromatic carbocycles. The molecule has 0 bridgehead atoms. The Kier molecular flexibility index (Phi) is 2.48. The molecule has 2 heterocycles. The van der Waals surface area contributed by atoms with Crippen molar-refractivity contribution in [1.29, 1.82) is 0 Å². The Hall–Kier alpha value is -1.61. The Balaban J connectivity index is 1.92. The molecule has 4 heteroatoms. The van der Waals surface area contributed by atoms with Crippen LogP contribution in [0.25, 0.3) is 0 Å². The maximum absolute atomic E-state index is 6.10. The van der Waals surface area contributed by atoms with E-state index < -0.39 is 0 Å². The molecular formula is C13H12ClNO2. The number of benzene rings is 1. The van der Waals surface area contributed by atoms with E-state index in [1.165, 1.54) is 0 Å². The Morgan fingerprint density at radius 3 is 2.94 bits per heavy atom. The third-order valence-corrected chi connectivity index (χ3v) is 3.08. The Morgan fingerprint density at radius 2 is 2.18 bits per heavy atom. The summed E-state index contributed by atoms with van der Waals surface area (Å²) in [6.45, 7) is 2.60. The second-order valence-electron chi connectivity index (χ2n) is 4.05. The highest BCUT2D eigenvalue weighted by molar-refractivity contribution is 6.32. The smallest absolute Gasteiger partial charge is 0.173 e. The van der Waals surface area contributed by atoms with Crippen molar-refractivity contribution in [3.05, 3.63) is 46.9 Å². The van der Waals surface area contributed by atoms with Gasteiger partial charge in [-0.3, -0.25) is 0 Å². The summed E-state index contributed by atoms with van der Waals surface area (Å²) in [4.78, 5) is 0. The molecule has 17 heavy (non-hydrogen) atoms. The van der Waals surface area contributed by atoms with Gasteiger partial charge in [0, 0.05) is 0 Å². The van der Waals surface area contributed by atoms with Crippen molar-refractivity contribution in [2.75, 3.05) is 11.9 Å². The van der Waals surface area contributed by atoms with Crippen molar-refractivity contribution in [3.8, 4) is 5.75 Å². The molecule has 1 aliphatic heterocycles. The third kappa shape index (κ3) is 1.87. The van der Waals surface area contributed by atoms with Crippen molar-refractivity contribution >= 4 is 17.3 Å². The number of rotatable bonds is 1. The number of hydrogen-bond donors (Lipinski definition) is 1. The molecule has 1 atom stereocenters. The van der Waals surface area contributed by atoms with Crippen molar-refractivity contribution in [1.82, 2.24) is 0 Å². The number of nitrogens with one attached hydrogen (secondary N) is 1. The molecule has 0 saturated carbocycles. The van der Waals surface area contributed by atoms with Gasteiger partial charge in [0.2, 0.25) is 0 Å². The fourth-order valence-corrected chi connectivity index (χ4v) is 2.16. The summed E-state index contributed by atoms with van der Waals surface area (Å²) in [7, 11) is 0. The first-order chi connectivity index (χ1) is 8.24. The molecular weight excluding hydrogens is 238 g/mol. The van der Waals surface area contributed by atoms with Crippen molar-refractivity contribution in [2.24, 2.45) is 0 Å². The van der Waals surface area contributed by atoms with E-state index in [0.29, 0.717) is 17.3 Å².